The minimum atomic E-state index is -0.442. The number of benzene rings is 1. The Bertz CT molecular complexity index is 808. The number of nitrogens with one attached hydrogen (secondary N) is 1. The average Bonchev–Trinajstić information content (AvgIpc) is 3.05. The molecule has 0 unspecified atom stereocenters. The number of non-ortho nitro benzene ring substituents is 1. The van der Waals surface area contributed by atoms with Gasteiger partial charge in [-0.1, -0.05) is 11.6 Å². The van der Waals surface area contributed by atoms with Gasteiger partial charge in [0, 0.05) is 12.1 Å². The van der Waals surface area contributed by atoms with E-state index in [1.807, 2.05) is 16.8 Å². The number of fused-ring (bicyclic) bond motifs is 1. The summed E-state index contributed by atoms with van der Waals surface area (Å²) in [6.07, 6.45) is 1.80. The van der Waals surface area contributed by atoms with Crippen molar-refractivity contribution < 1.29 is 4.92 Å². The maximum absolute atomic E-state index is 10.7. The quantitative estimate of drug-likeness (QED) is 0.580. The number of rotatable bonds is 3. The first-order valence-corrected chi connectivity index (χ1v) is 6.99. The Hall–Kier alpha value is -2.18. The Balaban J connectivity index is 2.02. The van der Waals surface area contributed by atoms with Crippen molar-refractivity contribution in [3.05, 3.63) is 56.5 Å². The first-order chi connectivity index (χ1) is 9.63. The van der Waals surface area contributed by atoms with Crippen molar-refractivity contribution in [1.82, 2.24) is 9.97 Å². The molecule has 0 saturated heterocycles. The van der Waals surface area contributed by atoms with Crippen LogP contribution in [0.1, 0.15) is 11.4 Å². The summed E-state index contributed by atoms with van der Waals surface area (Å²) in [5.41, 5.74) is 2.24. The van der Waals surface area contributed by atoms with Crippen LogP contribution in [0.2, 0.25) is 0 Å². The molecule has 7 heteroatoms. The van der Waals surface area contributed by atoms with Crippen LogP contribution in [0, 0.1) is 10.1 Å². The van der Waals surface area contributed by atoms with E-state index < -0.39 is 4.92 Å². The van der Waals surface area contributed by atoms with Gasteiger partial charge in [-0.2, -0.15) is 11.3 Å². The molecule has 3 rings (SSSR count). The summed E-state index contributed by atoms with van der Waals surface area (Å²) >= 11 is 7.79. The molecule has 5 nitrogen and oxygen atoms in total. The Morgan fingerprint density at radius 3 is 3.00 bits per heavy atom. The van der Waals surface area contributed by atoms with Gasteiger partial charge in [0.2, 0.25) is 0 Å². The minimum Gasteiger partial charge on any atom is -0.337 e. The van der Waals surface area contributed by atoms with Crippen molar-refractivity contribution in [2.45, 2.75) is 0 Å². The molecule has 1 aromatic carbocycles. The summed E-state index contributed by atoms with van der Waals surface area (Å²) in [7, 11) is 0. The van der Waals surface area contributed by atoms with Crippen LogP contribution in [0.15, 0.2) is 35.0 Å². The first kappa shape index (κ1) is 12.8. The van der Waals surface area contributed by atoms with Crippen LogP contribution in [-0.2, 0) is 0 Å². The zero-order valence-corrected chi connectivity index (χ0v) is 11.6. The number of halogens is 1. The van der Waals surface area contributed by atoms with E-state index in [0.29, 0.717) is 21.9 Å². The minimum absolute atomic E-state index is 0.0191. The summed E-state index contributed by atoms with van der Waals surface area (Å²) in [6.45, 7) is 0. The Morgan fingerprint density at radius 2 is 2.30 bits per heavy atom. The SMILES string of the molecule is O=[N+]([O-])c1ccc2nc(/C(Cl)=C/c3ccsc3)[nH]c2c1. The highest BCUT2D eigenvalue weighted by Crippen LogP contribution is 2.25. The highest BCUT2D eigenvalue weighted by molar-refractivity contribution is 7.08. The van der Waals surface area contributed by atoms with Crippen molar-refractivity contribution in [1.29, 1.82) is 0 Å². The van der Waals surface area contributed by atoms with Gasteiger partial charge in [0.05, 0.1) is 21.0 Å². The van der Waals surface area contributed by atoms with Crippen LogP contribution in [0.3, 0.4) is 0 Å². The maximum Gasteiger partial charge on any atom is 0.271 e. The first-order valence-electron chi connectivity index (χ1n) is 5.67. The van der Waals surface area contributed by atoms with Crippen LogP contribution < -0.4 is 0 Å². The molecular formula is C13H8ClN3O2S. The zero-order valence-electron chi connectivity index (χ0n) is 10.0. The van der Waals surface area contributed by atoms with Gasteiger partial charge in [0.15, 0.2) is 0 Å². The van der Waals surface area contributed by atoms with E-state index in [9.17, 15) is 10.1 Å². The fourth-order valence-electron chi connectivity index (χ4n) is 1.80. The number of nitro groups is 1. The van der Waals surface area contributed by atoms with E-state index in [1.54, 1.807) is 23.5 Å². The van der Waals surface area contributed by atoms with Crippen molar-refractivity contribution in [2.75, 3.05) is 0 Å². The second-order valence-corrected chi connectivity index (χ2v) is 5.28. The van der Waals surface area contributed by atoms with Crippen LogP contribution in [0.4, 0.5) is 5.69 Å². The molecule has 0 bridgehead atoms. The molecule has 0 aliphatic rings. The number of thiophene rings is 1. The van der Waals surface area contributed by atoms with Crippen LogP contribution in [-0.4, -0.2) is 14.9 Å². The highest BCUT2D eigenvalue weighted by Gasteiger charge is 2.11. The summed E-state index contributed by atoms with van der Waals surface area (Å²) < 4.78 is 0. The molecule has 20 heavy (non-hydrogen) atoms. The third-order valence-corrected chi connectivity index (χ3v) is 3.73. The number of imidazole rings is 1. The lowest BCUT2D eigenvalue weighted by molar-refractivity contribution is -0.384. The fourth-order valence-corrected chi connectivity index (χ4v) is 2.63. The van der Waals surface area contributed by atoms with Gasteiger partial charge >= 0.3 is 0 Å². The van der Waals surface area contributed by atoms with E-state index in [-0.39, 0.29) is 5.69 Å². The zero-order chi connectivity index (χ0) is 14.1. The predicted octanol–water partition coefficient (Wildman–Crippen LogP) is 4.27. The normalized spacial score (nSPS) is 11.9. The number of nitro benzene ring substituents is 1. The highest BCUT2D eigenvalue weighted by atomic mass is 35.5. The van der Waals surface area contributed by atoms with E-state index in [1.165, 1.54) is 12.1 Å². The maximum atomic E-state index is 10.7. The van der Waals surface area contributed by atoms with Crippen LogP contribution >= 0.6 is 22.9 Å². The lowest BCUT2D eigenvalue weighted by Gasteiger charge is -1.91. The molecule has 0 aliphatic carbocycles. The van der Waals surface area contributed by atoms with Crippen molar-refractivity contribution >= 4 is 50.8 Å². The van der Waals surface area contributed by atoms with E-state index in [0.717, 1.165) is 5.56 Å². The third kappa shape index (κ3) is 2.43. The predicted molar refractivity (Wildman–Crippen MR) is 80.8 cm³/mol. The molecule has 0 amide bonds. The second-order valence-electron chi connectivity index (χ2n) is 4.09. The van der Waals surface area contributed by atoms with Crippen LogP contribution in [0.25, 0.3) is 22.1 Å². The standard InChI is InChI=1S/C13H8ClN3O2S/c14-10(5-8-3-4-20-7-8)13-15-11-2-1-9(17(18)19)6-12(11)16-13/h1-7H,(H,15,16)/b10-5-. The molecule has 0 radical (unpaired) electrons. The average molecular weight is 306 g/mol. The van der Waals surface area contributed by atoms with E-state index >= 15 is 0 Å². The van der Waals surface area contributed by atoms with Gasteiger partial charge in [0.1, 0.15) is 5.82 Å². The Kier molecular flexibility index (Phi) is 3.25. The lowest BCUT2D eigenvalue weighted by Crippen LogP contribution is -1.86. The molecule has 100 valence electrons. The molecule has 1 N–H and O–H groups in total. The third-order valence-electron chi connectivity index (χ3n) is 2.74. The van der Waals surface area contributed by atoms with Gasteiger partial charge in [-0.25, -0.2) is 4.98 Å². The number of nitrogens with zero attached hydrogens (tertiary/aromatic N) is 2. The number of H-pyrrole nitrogens is 1. The van der Waals surface area contributed by atoms with E-state index in [4.69, 9.17) is 11.6 Å². The second kappa shape index (κ2) is 5.07. The monoisotopic (exact) mass is 305 g/mol. The molecule has 0 aliphatic heterocycles. The molecular weight excluding hydrogens is 298 g/mol. The van der Waals surface area contributed by atoms with Gasteiger partial charge in [-0.3, -0.25) is 10.1 Å². The lowest BCUT2D eigenvalue weighted by atomic mass is 10.3. The number of aromatic nitrogens is 2. The van der Waals surface area contributed by atoms with Gasteiger partial charge in [-0.15, -0.1) is 0 Å². The largest absolute Gasteiger partial charge is 0.337 e. The number of aromatic amines is 1. The Morgan fingerprint density at radius 1 is 1.45 bits per heavy atom. The number of hydrogen-bond acceptors (Lipinski definition) is 4. The number of hydrogen-bond donors (Lipinski definition) is 1. The topological polar surface area (TPSA) is 71.8 Å². The van der Waals surface area contributed by atoms with Gasteiger partial charge in [0.25, 0.3) is 5.69 Å². The molecule has 3 aromatic rings. The molecule has 2 heterocycles. The van der Waals surface area contributed by atoms with Crippen molar-refractivity contribution in [2.24, 2.45) is 0 Å². The van der Waals surface area contributed by atoms with Gasteiger partial charge < -0.3 is 4.98 Å². The van der Waals surface area contributed by atoms with E-state index in [2.05, 4.69) is 9.97 Å². The summed E-state index contributed by atoms with van der Waals surface area (Å²) in [4.78, 5) is 17.6. The molecule has 0 fully saturated rings. The molecule has 2 aromatic heterocycles. The molecule has 0 atom stereocenters. The summed E-state index contributed by atoms with van der Waals surface area (Å²) in [5.74, 6) is 0.494. The molecule has 0 saturated carbocycles. The van der Waals surface area contributed by atoms with Crippen molar-refractivity contribution in [3.8, 4) is 0 Å². The van der Waals surface area contributed by atoms with Crippen molar-refractivity contribution in [3.63, 3.8) is 0 Å². The van der Waals surface area contributed by atoms with Gasteiger partial charge in [-0.05, 0) is 34.5 Å². The summed E-state index contributed by atoms with van der Waals surface area (Å²) in [6, 6.07) is 6.41. The summed E-state index contributed by atoms with van der Waals surface area (Å²) in [5, 5.41) is 15.1. The fraction of sp³-hybridized carbons (Fsp3) is 0. The smallest absolute Gasteiger partial charge is 0.271 e. The molecule has 0 spiro atoms. The Labute approximate surface area is 122 Å². The van der Waals surface area contributed by atoms with Crippen LogP contribution in [0.5, 0.6) is 0 Å².